The first-order valence-corrected chi connectivity index (χ1v) is 9.06. The van der Waals surface area contributed by atoms with Gasteiger partial charge in [-0.05, 0) is 57.0 Å². The molecule has 1 unspecified atom stereocenters. The van der Waals surface area contributed by atoms with Gasteiger partial charge in [-0.15, -0.1) is 0 Å². The van der Waals surface area contributed by atoms with Gasteiger partial charge >= 0.3 is 6.03 Å². The minimum Gasteiger partial charge on any atom is -0.465 e. The number of rotatable bonds is 3. The molecule has 2 aliphatic heterocycles. The summed E-state index contributed by atoms with van der Waals surface area (Å²) in [5.74, 6) is 1.98. The maximum Gasteiger partial charge on any atom is 0.321 e. The Morgan fingerprint density at radius 1 is 1.16 bits per heavy atom. The van der Waals surface area contributed by atoms with E-state index in [1.807, 2.05) is 48.2 Å². The highest BCUT2D eigenvalue weighted by molar-refractivity contribution is 5.89. The van der Waals surface area contributed by atoms with Gasteiger partial charge in [0.1, 0.15) is 11.5 Å². The fourth-order valence-electron chi connectivity index (χ4n) is 4.22. The summed E-state index contributed by atoms with van der Waals surface area (Å²) in [7, 11) is 0. The summed E-state index contributed by atoms with van der Waals surface area (Å²) >= 11 is 0. The second kappa shape index (κ2) is 6.56. The zero-order chi connectivity index (χ0) is 17.3. The van der Waals surface area contributed by atoms with Crippen LogP contribution >= 0.6 is 0 Å². The van der Waals surface area contributed by atoms with Crippen molar-refractivity contribution in [2.75, 3.05) is 25.0 Å². The lowest BCUT2D eigenvalue weighted by Gasteiger charge is -2.34. The first-order valence-electron chi connectivity index (χ1n) is 9.06. The third-order valence-corrected chi connectivity index (χ3v) is 5.53. The van der Waals surface area contributed by atoms with Crippen molar-refractivity contribution < 1.29 is 9.21 Å². The number of amides is 2. The summed E-state index contributed by atoms with van der Waals surface area (Å²) in [5.41, 5.74) is 0.956. The Balaban J connectivity index is 1.42. The van der Waals surface area contributed by atoms with Gasteiger partial charge in [-0.1, -0.05) is 18.2 Å². The van der Waals surface area contributed by atoms with Crippen molar-refractivity contribution >= 4 is 11.7 Å². The number of anilines is 1. The van der Waals surface area contributed by atoms with Gasteiger partial charge in [-0.3, -0.25) is 4.90 Å². The average Bonchev–Trinajstić information content (AvgIpc) is 3.32. The molecule has 0 aliphatic carbocycles. The van der Waals surface area contributed by atoms with Crippen LogP contribution in [0.5, 0.6) is 0 Å². The second-order valence-electron chi connectivity index (χ2n) is 7.23. The van der Waals surface area contributed by atoms with Crippen molar-refractivity contribution in [3.8, 4) is 0 Å². The molecule has 132 valence electrons. The number of hydrogen-bond acceptors (Lipinski definition) is 3. The van der Waals surface area contributed by atoms with Gasteiger partial charge in [0.05, 0.1) is 6.54 Å². The number of nitrogens with zero attached hydrogens (tertiary/aromatic N) is 2. The van der Waals surface area contributed by atoms with E-state index in [1.54, 1.807) is 0 Å². The monoisotopic (exact) mass is 339 g/mol. The van der Waals surface area contributed by atoms with E-state index in [-0.39, 0.29) is 11.6 Å². The molecule has 2 amide bonds. The largest absolute Gasteiger partial charge is 0.465 e. The van der Waals surface area contributed by atoms with Gasteiger partial charge in [-0.25, -0.2) is 4.79 Å². The molecule has 1 atom stereocenters. The molecule has 1 aromatic heterocycles. The zero-order valence-corrected chi connectivity index (χ0v) is 14.7. The molecule has 0 bridgehead atoms. The van der Waals surface area contributed by atoms with Crippen LogP contribution in [0.2, 0.25) is 0 Å². The Bertz CT molecular complexity index is 742. The number of urea groups is 1. The number of aryl methyl sites for hydroxylation is 1. The summed E-state index contributed by atoms with van der Waals surface area (Å²) in [4.78, 5) is 17.1. The highest BCUT2D eigenvalue weighted by atomic mass is 16.3. The number of furan rings is 1. The number of carbonyl (C=O) groups is 1. The van der Waals surface area contributed by atoms with Gasteiger partial charge < -0.3 is 14.6 Å². The summed E-state index contributed by atoms with van der Waals surface area (Å²) < 4.78 is 5.77. The normalized spacial score (nSPS) is 23.5. The third-order valence-electron chi connectivity index (χ3n) is 5.53. The Kier molecular flexibility index (Phi) is 4.25. The Morgan fingerprint density at radius 2 is 2.00 bits per heavy atom. The topological polar surface area (TPSA) is 48.7 Å². The molecule has 1 aromatic carbocycles. The van der Waals surface area contributed by atoms with Crippen molar-refractivity contribution in [1.82, 2.24) is 9.80 Å². The van der Waals surface area contributed by atoms with E-state index in [9.17, 15) is 4.79 Å². The van der Waals surface area contributed by atoms with Crippen molar-refractivity contribution in [1.29, 1.82) is 0 Å². The van der Waals surface area contributed by atoms with E-state index >= 15 is 0 Å². The number of benzene rings is 1. The van der Waals surface area contributed by atoms with Gasteiger partial charge in [-0.2, -0.15) is 0 Å². The average molecular weight is 339 g/mol. The molecule has 4 rings (SSSR count). The van der Waals surface area contributed by atoms with E-state index in [2.05, 4.69) is 16.3 Å². The van der Waals surface area contributed by atoms with Crippen LogP contribution in [-0.4, -0.2) is 41.0 Å². The van der Waals surface area contributed by atoms with E-state index in [0.29, 0.717) is 0 Å². The molecular weight excluding hydrogens is 314 g/mol. The molecule has 2 saturated heterocycles. The number of hydrogen-bond donors (Lipinski definition) is 1. The molecule has 3 heterocycles. The number of para-hydroxylation sites is 1. The number of nitrogens with one attached hydrogen (secondary N) is 1. The molecule has 5 nitrogen and oxygen atoms in total. The lowest BCUT2D eigenvalue weighted by molar-refractivity contribution is 0.126. The standard InChI is InChI=1S/C20H25N3O2/c1-16-8-9-18(25-16)14-23-12-5-10-20(23)11-13-22(15-20)19(24)21-17-6-3-2-4-7-17/h2-4,6-9H,5,10-15H2,1H3,(H,21,24). The van der Waals surface area contributed by atoms with Crippen molar-refractivity contribution in [3.63, 3.8) is 0 Å². The number of likely N-dealkylation sites (tertiary alicyclic amines) is 2. The van der Waals surface area contributed by atoms with Crippen LogP contribution in [0.1, 0.15) is 30.8 Å². The maximum absolute atomic E-state index is 12.6. The third kappa shape index (κ3) is 3.29. The van der Waals surface area contributed by atoms with Crippen LogP contribution in [0.15, 0.2) is 46.9 Å². The van der Waals surface area contributed by atoms with Crippen molar-refractivity contribution in [2.24, 2.45) is 0 Å². The molecule has 1 spiro atoms. The smallest absolute Gasteiger partial charge is 0.321 e. The van der Waals surface area contributed by atoms with Crippen LogP contribution in [0.25, 0.3) is 0 Å². The molecule has 2 aromatic rings. The summed E-state index contributed by atoms with van der Waals surface area (Å²) in [6.45, 7) is 5.50. The first-order chi connectivity index (χ1) is 12.1. The summed E-state index contributed by atoms with van der Waals surface area (Å²) in [6.07, 6.45) is 3.38. The summed E-state index contributed by atoms with van der Waals surface area (Å²) in [5, 5.41) is 3.01. The van der Waals surface area contributed by atoms with E-state index < -0.39 is 0 Å². The maximum atomic E-state index is 12.6. The van der Waals surface area contributed by atoms with E-state index in [1.165, 1.54) is 6.42 Å². The molecule has 0 radical (unpaired) electrons. The highest BCUT2D eigenvalue weighted by Crippen LogP contribution is 2.38. The second-order valence-corrected chi connectivity index (χ2v) is 7.23. The van der Waals surface area contributed by atoms with Crippen molar-refractivity contribution in [3.05, 3.63) is 54.0 Å². The predicted octanol–water partition coefficient (Wildman–Crippen LogP) is 3.86. The summed E-state index contributed by atoms with van der Waals surface area (Å²) in [6, 6.07) is 13.8. The predicted molar refractivity (Wildman–Crippen MR) is 97.5 cm³/mol. The van der Waals surface area contributed by atoms with Gasteiger partial charge in [0.15, 0.2) is 0 Å². The molecule has 25 heavy (non-hydrogen) atoms. The van der Waals surface area contributed by atoms with Crippen LogP contribution in [0.3, 0.4) is 0 Å². The lowest BCUT2D eigenvalue weighted by atomic mass is 9.95. The van der Waals surface area contributed by atoms with Crippen LogP contribution in [0.4, 0.5) is 10.5 Å². The molecule has 5 heteroatoms. The molecular formula is C20H25N3O2. The minimum atomic E-state index is 0.00349. The quantitative estimate of drug-likeness (QED) is 0.924. The van der Waals surface area contributed by atoms with Crippen LogP contribution in [-0.2, 0) is 6.54 Å². The molecule has 0 saturated carbocycles. The zero-order valence-electron chi connectivity index (χ0n) is 14.7. The van der Waals surface area contributed by atoms with Gasteiger partial charge in [0.25, 0.3) is 0 Å². The Hall–Kier alpha value is -2.27. The SMILES string of the molecule is Cc1ccc(CN2CCCC23CCN(C(=O)Nc2ccccc2)C3)o1. The Morgan fingerprint density at radius 3 is 2.76 bits per heavy atom. The Labute approximate surface area is 148 Å². The fourth-order valence-corrected chi connectivity index (χ4v) is 4.22. The van der Waals surface area contributed by atoms with E-state index in [0.717, 1.165) is 56.2 Å². The lowest BCUT2D eigenvalue weighted by Crippen LogP contribution is -2.46. The fraction of sp³-hybridized carbons (Fsp3) is 0.450. The first kappa shape index (κ1) is 16.2. The number of carbonyl (C=O) groups excluding carboxylic acids is 1. The highest BCUT2D eigenvalue weighted by Gasteiger charge is 2.47. The van der Waals surface area contributed by atoms with Crippen LogP contribution < -0.4 is 5.32 Å². The minimum absolute atomic E-state index is 0.00349. The molecule has 2 fully saturated rings. The van der Waals surface area contributed by atoms with E-state index in [4.69, 9.17) is 4.42 Å². The molecule has 2 aliphatic rings. The molecule has 1 N–H and O–H groups in total. The van der Waals surface area contributed by atoms with Crippen LogP contribution in [0, 0.1) is 6.92 Å². The van der Waals surface area contributed by atoms with Gasteiger partial charge in [0, 0.05) is 24.3 Å². The van der Waals surface area contributed by atoms with Gasteiger partial charge in [0.2, 0.25) is 0 Å². The van der Waals surface area contributed by atoms with Crippen molar-refractivity contribution in [2.45, 2.75) is 38.3 Å².